The van der Waals surface area contributed by atoms with E-state index in [1.165, 1.54) is 23.4 Å². The SMILES string of the molecule is C[C@@H](Sc1nc(N)cc(N)n1)C(=O)NC[C@H](C)c1ccccc1. The lowest BCUT2D eigenvalue weighted by Gasteiger charge is -2.15. The smallest absolute Gasteiger partial charge is 0.233 e. The summed E-state index contributed by atoms with van der Waals surface area (Å²) in [5.41, 5.74) is 12.5. The lowest BCUT2D eigenvalue weighted by Crippen LogP contribution is -2.33. The Morgan fingerprint density at radius 3 is 2.39 bits per heavy atom. The van der Waals surface area contributed by atoms with E-state index in [1.807, 2.05) is 18.2 Å². The zero-order chi connectivity index (χ0) is 16.8. The number of hydrogen-bond acceptors (Lipinski definition) is 6. The predicted molar refractivity (Wildman–Crippen MR) is 94.0 cm³/mol. The molecule has 7 heteroatoms. The van der Waals surface area contributed by atoms with E-state index in [2.05, 4.69) is 34.3 Å². The molecule has 0 aliphatic carbocycles. The maximum atomic E-state index is 12.2. The first-order valence-corrected chi connectivity index (χ1v) is 8.23. The molecule has 0 fully saturated rings. The van der Waals surface area contributed by atoms with Gasteiger partial charge < -0.3 is 16.8 Å². The summed E-state index contributed by atoms with van der Waals surface area (Å²) in [6.45, 7) is 4.46. The predicted octanol–water partition coefficient (Wildman–Crippen LogP) is 2.04. The molecule has 23 heavy (non-hydrogen) atoms. The number of carbonyl (C=O) groups is 1. The van der Waals surface area contributed by atoms with Gasteiger partial charge in [-0.25, -0.2) is 9.97 Å². The molecule has 2 rings (SSSR count). The number of benzene rings is 1. The number of thioether (sulfide) groups is 1. The number of aromatic nitrogens is 2. The highest BCUT2D eigenvalue weighted by Crippen LogP contribution is 2.22. The van der Waals surface area contributed by atoms with Crippen molar-refractivity contribution in [3.8, 4) is 0 Å². The van der Waals surface area contributed by atoms with Crippen molar-refractivity contribution in [2.75, 3.05) is 18.0 Å². The summed E-state index contributed by atoms with van der Waals surface area (Å²) in [5.74, 6) is 0.773. The summed E-state index contributed by atoms with van der Waals surface area (Å²) in [6.07, 6.45) is 0. The molecule has 6 nitrogen and oxygen atoms in total. The molecule has 122 valence electrons. The number of hydrogen-bond donors (Lipinski definition) is 3. The first kappa shape index (κ1) is 17.1. The highest BCUT2D eigenvalue weighted by molar-refractivity contribution is 8.00. The van der Waals surface area contributed by atoms with Crippen LogP contribution in [-0.2, 0) is 4.79 Å². The zero-order valence-corrected chi connectivity index (χ0v) is 14.0. The third-order valence-electron chi connectivity index (χ3n) is 3.35. The van der Waals surface area contributed by atoms with Crippen LogP contribution in [0.4, 0.5) is 11.6 Å². The van der Waals surface area contributed by atoms with Crippen molar-refractivity contribution in [2.45, 2.75) is 30.2 Å². The van der Waals surface area contributed by atoms with Gasteiger partial charge in [-0.3, -0.25) is 4.79 Å². The fourth-order valence-electron chi connectivity index (χ4n) is 2.02. The molecule has 2 aromatic rings. The lowest BCUT2D eigenvalue weighted by atomic mass is 10.0. The standard InChI is InChI=1S/C16H21N5OS/c1-10(12-6-4-3-5-7-12)9-19-15(22)11(2)23-16-20-13(17)8-14(18)21-16/h3-8,10-11H,9H2,1-2H3,(H,19,22)(H4,17,18,20,21)/t10-,11+/m0/s1. The molecule has 2 atom stereocenters. The third-order valence-corrected chi connectivity index (χ3v) is 4.31. The molecule has 0 spiro atoms. The van der Waals surface area contributed by atoms with Crippen LogP contribution in [0.3, 0.4) is 0 Å². The maximum Gasteiger partial charge on any atom is 0.233 e. The topological polar surface area (TPSA) is 107 Å². The van der Waals surface area contributed by atoms with E-state index >= 15 is 0 Å². The van der Waals surface area contributed by atoms with Gasteiger partial charge in [-0.15, -0.1) is 0 Å². The quantitative estimate of drug-likeness (QED) is 0.552. The number of carbonyl (C=O) groups excluding carboxylic acids is 1. The second-order valence-corrected chi connectivity index (χ2v) is 6.63. The molecule has 1 aromatic heterocycles. The van der Waals surface area contributed by atoms with E-state index in [9.17, 15) is 4.79 Å². The van der Waals surface area contributed by atoms with E-state index in [4.69, 9.17) is 11.5 Å². The Balaban J connectivity index is 1.87. The summed E-state index contributed by atoms with van der Waals surface area (Å²) in [4.78, 5) is 20.3. The normalized spacial score (nSPS) is 13.3. The van der Waals surface area contributed by atoms with Crippen LogP contribution in [0.2, 0.25) is 0 Å². The number of anilines is 2. The fraction of sp³-hybridized carbons (Fsp3) is 0.312. The summed E-state index contributed by atoms with van der Waals surface area (Å²) in [7, 11) is 0. The van der Waals surface area contributed by atoms with Gasteiger partial charge in [0.25, 0.3) is 0 Å². The van der Waals surface area contributed by atoms with Crippen molar-refractivity contribution in [2.24, 2.45) is 0 Å². The maximum absolute atomic E-state index is 12.2. The molecular formula is C16H21N5OS. The van der Waals surface area contributed by atoms with Crippen molar-refractivity contribution in [3.05, 3.63) is 42.0 Å². The summed E-state index contributed by atoms with van der Waals surface area (Å²) >= 11 is 1.23. The Morgan fingerprint density at radius 2 is 1.78 bits per heavy atom. The number of nitrogens with zero attached hydrogens (tertiary/aromatic N) is 2. The Labute approximate surface area is 140 Å². The number of nitrogen functional groups attached to an aromatic ring is 2. The van der Waals surface area contributed by atoms with Crippen molar-refractivity contribution >= 4 is 29.3 Å². The lowest BCUT2D eigenvalue weighted by molar-refractivity contribution is -0.120. The van der Waals surface area contributed by atoms with Gasteiger partial charge in [0, 0.05) is 12.6 Å². The van der Waals surface area contributed by atoms with Crippen LogP contribution in [0.5, 0.6) is 0 Å². The van der Waals surface area contributed by atoms with E-state index < -0.39 is 0 Å². The van der Waals surface area contributed by atoms with Gasteiger partial charge in [0.15, 0.2) is 5.16 Å². The largest absolute Gasteiger partial charge is 0.383 e. The monoisotopic (exact) mass is 331 g/mol. The molecule has 0 bridgehead atoms. The van der Waals surface area contributed by atoms with Crippen molar-refractivity contribution in [1.82, 2.24) is 15.3 Å². The van der Waals surface area contributed by atoms with Gasteiger partial charge in [0.05, 0.1) is 5.25 Å². The average Bonchev–Trinajstić information content (AvgIpc) is 2.52. The van der Waals surface area contributed by atoms with E-state index in [1.54, 1.807) is 6.92 Å². The first-order valence-electron chi connectivity index (χ1n) is 7.35. The molecule has 5 N–H and O–H groups in total. The Hall–Kier alpha value is -2.28. The highest BCUT2D eigenvalue weighted by Gasteiger charge is 2.17. The van der Waals surface area contributed by atoms with Gasteiger partial charge in [0.2, 0.25) is 5.91 Å². The number of nitrogens with one attached hydrogen (secondary N) is 1. The minimum atomic E-state index is -0.334. The summed E-state index contributed by atoms with van der Waals surface area (Å²) in [5, 5.41) is 3.02. The fourth-order valence-corrected chi connectivity index (χ4v) is 2.85. The van der Waals surface area contributed by atoms with Gasteiger partial charge >= 0.3 is 0 Å². The van der Waals surface area contributed by atoms with Crippen LogP contribution >= 0.6 is 11.8 Å². The Kier molecular flexibility index (Phi) is 5.81. The zero-order valence-electron chi connectivity index (χ0n) is 13.2. The summed E-state index contributed by atoms with van der Waals surface area (Å²) < 4.78 is 0. The summed E-state index contributed by atoms with van der Waals surface area (Å²) in [6, 6.07) is 11.6. The van der Waals surface area contributed by atoms with Crippen LogP contribution < -0.4 is 16.8 Å². The average molecular weight is 331 g/mol. The second kappa shape index (κ2) is 7.82. The number of nitrogens with two attached hydrogens (primary N) is 2. The number of rotatable bonds is 6. The van der Waals surface area contributed by atoms with E-state index in [0.29, 0.717) is 23.3 Å². The first-order chi connectivity index (χ1) is 11.0. The molecule has 0 unspecified atom stereocenters. The number of amides is 1. The Bertz CT molecular complexity index is 645. The van der Waals surface area contributed by atoms with Crippen LogP contribution in [0, 0.1) is 0 Å². The molecule has 0 radical (unpaired) electrons. The molecule has 1 amide bonds. The molecule has 1 aromatic carbocycles. The second-order valence-electron chi connectivity index (χ2n) is 5.32. The van der Waals surface area contributed by atoms with Crippen LogP contribution in [0.15, 0.2) is 41.6 Å². The molecule has 1 heterocycles. The Morgan fingerprint density at radius 1 is 1.17 bits per heavy atom. The van der Waals surface area contributed by atoms with Crippen LogP contribution in [-0.4, -0.2) is 27.7 Å². The molecule has 0 aliphatic rings. The van der Waals surface area contributed by atoms with E-state index in [-0.39, 0.29) is 17.1 Å². The molecular weight excluding hydrogens is 310 g/mol. The van der Waals surface area contributed by atoms with Gasteiger partial charge in [-0.1, -0.05) is 49.0 Å². The minimum absolute atomic E-state index is 0.0672. The molecule has 0 saturated heterocycles. The molecule has 0 saturated carbocycles. The molecule has 0 aliphatic heterocycles. The van der Waals surface area contributed by atoms with Crippen molar-refractivity contribution in [3.63, 3.8) is 0 Å². The minimum Gasteiger partial charge on any atom is -0.383 e. The third kappa shape index (κ3) is 5.14. The van der Waals surface area contributed by atoms with Gasteiger partial charge in [-0.2, -0.15) is 0 Å². The van der Waals surface area contributed by atoms with Crippen molar-refractivity contribution in [1.29, 1.82) is 0 Å². The van der Waals surface area contributed by atoms with Gasteiger partial charge in [0.1, 0.15) is 11.6 Å². The highest BCUT2D eigenvalue weighted by atomic mass is 32.2. The van der Waals surface area contributed by atoms with Gasteiger partial charge in [-0.05, 0) is 18.4 Å². The van der Waals surface area contributed by atoms with E-state index in [0.717, 1.165) is 0 Å². The van der Waals surface area contributed by atoms with Crippen LogP contribution in [0.1, 0.15) is 25.3 Å². The van der Waals surface area contributed by atoms with Crippen LogP contribution in [0.25, 0.3) is 0 Å². The van der Waals surface area contributed by atoms with Crippen molar-refractivity contribution < 1.29 is 4.79 Å².